The topological polar surface area (TPSA) is 33.6 Å². The van der Waals surface area contributed by atoms with Crippen molar-refractivity contribution in [2.24, 2.45) is 16.8 Å². The number of hydrogen-bond acceptors (Lipinski definition) is 3. The van der Waals surface area contributed by atoms with Crippen molar-refractivity contribution in [3.63, 3.8) is 0 Å². The van der Waals surface area contributed by atoms with Crippen molar-refractivity contribution < 1.29 is 4.74 Å². The largest absolute Gasteiger partial charge is 0.479 e. The summed E-state index contributed by atoms with van der Waals surface area (Å²) in [4.78, 5) is 4.78. The van der Waals surface area contributed by atoms with Crippen molar-refractivity contribution in [3.05, 3.63) is 0 Å². The van der Waals surface area contributed by atoms with Crippen molar-refractivity contribution in [2.45, 2.75) is 44.6 Å². The van der Waals surface area contributed by atoms with Crippen LogP contribution in [0.4, 0.5) is 0 Å². The number of nitrogens with zero attached hydrogens (tertiary/aromatic N) is 1. The summed E-state index contributed by atoms with van der Waals surface area (Å²) in [5, 5.41) is 3.40. The molecule has 2 aliphatic heterocycles. The standard InChI is InChI=1S/C13H22N2O/c1-2-11(3-1)12-9-16-13(15-12)8-10-4-6-14-7-5-10/h10-12,14H,1-9H2. The van der Waals surface area contributed by atoms with Crippen LogP contribution in [-0.4, -0.2) is 31.6 Å². The summed E-state index contributed by atoms with van der Waals surface area (Å²) < 4.78 is 5.75. The molecule has 0 amide bonds. The van der Waals surface area contributed by atoms with Crippen LogP contribution in [0.25, 0.3) is 0 Å². The highest BCUT2D eigenvalue weighted by Crippen LogP contribution is 2.33. The van der Waals surface area contributed by atoms with Gasteiger partial charge in [0.05, 0.1) is 6.04 Å². The number of hydrogen-bond donors (Lipinski definition) is 1. The van der Waals surface area contributed by atoms with Crippen LogP contribution in [0.1, 0.15) is 38.5 Å². The van der Waals surface area contributed by atoms with Crippen molar-refractivity contribution >= 4 is 5.90 Å². The molecule has 1 N–H and O–H groups in total. The molecule has 3 heteroatoms. The molecule has 0 spiro atoms. The first-order valence-corrected chi connectivity index (χ1v) is 6.82. The zero-order chi connectivity index (χ0) is 10.8. The highest BCUT2D eigenvalue weighted by atomic mass is 16.5. The van der Waals surface area contributed by atoms with Gasteiger partial charge in [-0.2, -0.15) is 0 Å². The van der Waals surface area contributed by atoms with Gasteiger partial charge >= 0.3 is 0 Å². The number of aliphatic imine (C=N–C) groups is 1. The first-order valence-electron chi connectivity index (χ1n) is 6.82. The fourth-order valence-corrected chi connectivity index (χ4v) is 2.95. The Morgan fingerprint density at radius 3 is 2.69 bits per heavy atom. The Kier molecular flexibility index (Phi) is 3.13. The van der Waals surface area contributed by atoms with E-state index in [1.165, 1.54) is 45.2 Å². The second-order valence-corrected chi connectivity index (χ2v) is 5.49. The third-order valence-corrected chi connectivity index (χ3v) is 4.35. The third-order valence-electron chi connectivity index (χ3n) is 4.35. The molecule has 16 heavy (non-hydrogen) atoms. The smallest absolute Gasteiger partial charge is 0.183 e. The SMILES string of the molecule is C1CC(C2COC(CC3CCNCC3)=N2)C1. The van der Waals surface area contributed by atoms with Crippen molar-refractivity contribution in [1.29, 1.82) is 0 Å². The summed E-state index contributed by atoms with van der Waals surface area (Å²) in [7, 11) is 0. The summed E-state index contributed by atoms with van der Waals surface area (Å²) in [6.07, 6.45) is 7.81. The van der Waals surface area contributed by atoms with Crippen LogP contribution in [0, 0.1) is 11.8 Å². The molecule has 0 aromatic rings. The van der Waals surface area contributed by atoms with Gasteiger partial charge in [0, 0.05) is 6.42 Å². The fraction of sp³-hybridized carbons (Fsp3) is 0.923. The molecule has 90 valence electrons. The maximum absolute atomic E-state index is 5.75. The maximum atomic E-state index is 5.75. The lowest BCUT2D eigenvalue weighted by molar-refractivity contribution is 0.209. The summed E-state index contributed by atoms with van der Waals surface area (Å²) in [5.41, 5.74) is 0. The van der Waals surface area contributed by atoms with Crippen LogP contribution in [0.5, 0.6) is 0 Å². The van der Waals surface area contributed by atoms with E-state index in [9.17, 15) is 0 Å². The van der Waals surface area contributed by atoms with Gasteiger partial charge in [0.2, 0.25) is 0 Å². The summed E-state index contributed by atoms with van der Waals surface area (Å²) in [5.74, 6) is 2.70. The van der Waals surface area contributed by atoms with E-state index < -0.39 is 0 Å². The van der Waals surface area contributed by atoms with E-state index in [0.29, 0.717) is 6.04 Å². The van der Waals surface area contributed by atoms with E-state index in [1.54, 1.807) is 0 Å². The zero-order valence-electron chi connectivity index (χ0n) is 9.95. The molecule has 2 fully saturated rings. The van der Waals surface area contributed by atoms with Gasteiger partial charge in [-0.05, 0) is 50.6 Å². The van der Waals surface area contributed by atoms with Gasteiger partial charge < -0.3 is 10.1 Å². The molecule has 0 aromatic carbocycles. The Bertz CT molecular complexity index is 267. The first-order chi connectivity index (χ1) is 7.92. The Balaban J connectivity index is 1.50. The molecule has 1 atom stereocenters. The van der Waals surface area contributed by atoms with E-state index >= 15 is 0 Å². The second-order valence-electron chi connectivity index (χ2n) is 5.49. The van der Waals surface area contributed by atoms with Gasteiger partial charge in [-0.25, -0.2) is 4.99 Å². The highest BCUT2D eigenvalue weighted by molar-refractivity contribution is 5.78. The van der Waals surface area contributed by atoms with E-state index in [0.717, 1.165) is 30.8 Å². The lowest BCUT2D eigenvalue weighted by Gasteiger charge is -2.27. The molecule has 3 rings (SSSR count). The van der Waals surface area contributed by atoms with Crippen LogP contribution in [-0.2, 0) is 4.74 Å². The lowest BCUT2D eigenvalue weighted by Crippen LogP contribution is -2.28. The zero-order valence-corrected chi connectivity index (χ0v) is 9.95. The molecule has 2 heterocycles. The molecule has 1 saturated carbocycles. The molecule has 1 saturated heterocycles. The Labute approximate surface area is 97.7 Å². The Morgan fingerprint density at radius 1 is 1.19 bits per heavy atom. The maximum Gasteiger partial charge on any atom is 0.183 e. The predicted octanol–water partition coefficient (Wildman–Crippen LogP) is 1.97. The average Bonchev–Trinajstić information content (AvgIpc) is 2.65. The van der Waals surface area contributed by atoms with Crippen molar-refractivity contribution in [2.75, 3.05) is 19.7 Å². The number of ether oxygens (including phenoxy) is 1. The van der Waals surface area contributed by atoms with E-state index in [2.05, 4.69) is 5.32 Å². The molecule has 1 unspecified atom stereocenters. The molecular weight excluding hydrogens is 200 g/mol. The normalized spacial score (nSPS) is 32.0. The van der Waals surface area contributed by atoms with Crippen LogP contribution >= 0.6 is 0 Å². The summed E-state index contributed by atoms with van der Waals surface area (Å²) >= 11 is 0. The molecule has 0 aromatic heterocycles. The first kappa shape index (κ1) is 10.6. The van der Waals surface area contributed by atoms with Crippen LogP contribution in [0.15, 0.2) is 4.99 Å². The third kappa shape index (κ3) is 2.24. The lowest BCUT2D eigenvalue weighted by atomic mass is 9.80. The molecule has 3 aliphatic rings. The quantitative estimate of drug-likeness (QED) is 0.792. The molecule has 0 radical (unpaired) electrons. The molecule has 3 nitrogen and oxygen atoms in total. The summed E-state index contributed by atoms with van der Waals surface area (Å²) in [6, 6.07) is 0.505. The second kappa shape index (κ2) is 4.74. The van der Waals surface area contributed by atoms with E-state index in [-0.39, 0.29) is 0 Å². The average molecular weight is 222 g/mol. The van der Waals surface area contributed by atoms with Crippen LogP contribution < -0.4 is 5.32 Å². The van der Waals surface area contributed by atoms with Crippen LogP contribution in [0.2, 0.25) is 0 Å². The highest BCUT2D eigenvalue weighted by Gasteiger charge is 2.32. The predicted molar refractivity (Wildman–Crippen MR) is 64.7 cm³/mol. The Morgan fingerprint density at radius 2 is 2.00 bits per heavy atom. The van der Waals surface area contributed by atoms with Gasteiger partial charge in [-0.3, -0.25) is 0 Å². The minimum absolute atomic E-state index is 0.505. The Hall–Kier alpha value is -0.570. The van der Waals surface area contributed by atoms with E-state index in [4.69, 9.17) is 9.73 Å². The molecular formula is C13H22N2O. The van der Waals surface area contributed by atoms with Gasteiger partial charge in [0.1, 0.15) is 6.61 Å². The number of nitrogens with one attached hydrogen (secondary N) is 1. The molecule has 1 aliphatic carbocycles. The number of rotatable bonds is 3. The van der Waals surface area contributed by atoms with Gasteiger partial charge in [0.25, 0.3) is 0 Å². The van der Waals surface area contributed by atoms with Gasteiger partial charge in [-0.1, -0.05) is 6.42 Å². The minimum Gasteiger partial charge on any atom is -0.479 e. The van der Waals surface area contributed by atoms with Gasteiger partial charge in [-0.15, -0.1) is 0 Å². The monoisotopic (exact) mass is 222 g/mol. The van der Waals surface area contributed by atoms with Crippen LogP contribution in [0.3, 0.4) is 0 Å². The number of piperidine rings is 1. The van der Waals surface area contributed by atoms with E-state index in [1.807, 2.05) is 0 Å². The molecule has 0 bridgehead atoms. The van der Waals surface area contributed by atoms with Crippen molar-refractivity contribution in [1.82, 2.24) is 5.32 Å². The van der Waals surface area contributed by atoms with Gasteiger partial charge in [0.15, 0.2) is 5.90 Å². The fourth-order valence-electron chi connectivity index (χ4n) is 2.95. The minimum atomic E-state index is 0.505. The van der Waals surface area contributed by atoms with Crippen molar-refractivity contribution in [3.8, 4) is 0 Å². The summed E-state index contributed by atoms with van der Waals surface area (Å²) in [6.45, 7) is 3.21.